The molecular formula is C17H29N3O2. The van der Waals surface area contributed by atoms with Crippen LogP contribution in [0.1, 0.15) is 51.9 Å². The molecule has 1 saturated heterocycles. The number of carbonyl (C=O) groups excluding carboxylic acids is 2. The van der Waals surface area contributed by atoms with Gasteiger partial charge < -0.3 is 16.0 Å². The zero-order chi connectivity index (χ0) is 15.7. The number of nitrogens with one attached hydrogen (secondary N) is 1. The second-order valence-electron chi connectivity index (χ2n) is 7.66. The average Bonchev–Trinajstić information content (AvgIpc) is 2.89. The van der Waals surface area contributed by atoms with Gasteiger partial charge in [0.25, 0.3) is 0 Å². The molecule has 124 valence electrons. The van der Waals surface area contributed by atoms with Gasteiger partial charge in [-0.1, -0.05) is 32.6 Å². The van der Waals surface area contributed by atoms with Gasteiger partial charge in [-0.2, -0.15) is 0 Å². The molecule has 3 N–H and O–H groups in total. The molecule has 3 unspecified atom stereocenters. The van der Waals surface area contributed by atoms with Crippen molar-refractivity contribution in [2.24, 2.45) is 29.4 Å². The number of carbonyl (C=O) groups is 2. The molecule has 3 fully saturated rings. The normalized spacial score (nSPS) is 38.4. The van der Waals surface area contributed by atoms with Crippen molar-refractivity contribution in [1.82, 2.24) is 10.2 Å². The van der Waals surface area contributed by atoms with Crippen molar-refractivity contribution in [2.45, 2.75) is 57.9 Å². The molecule has 3 amide bonds. The zero-order valence-electron chi connectivity index (χ0n) is 13.6. The van der Waals surface area contributed by atoms with Gasteiger partial charge >= 0.3 is 6.03 Å². The van der Waals surface area contributed by atoms with Crippen molar-refractivity contribution in [1.29, 1.82) is 0 Å². The molecule has 0 aromatic heterocycles. The maximum absolute atomic E-state index is 12.5. The fourth-order valence-electron chi connectivity index (χ4n) is 4.77. The first-order chi connectivity index (χ1) is 10.5. The van der Waals surface area contributed by atoms with E-state index in [9.17, 15) is 9.59 Å². The summed E-state index contributed by atoms with van der Waals surface area (Å²) < 4.78 is 0. The van der Waals surface area contributed by atoms with Crippen LogP contribution in [0.5, 0.6) is 0 Å². The Morgan fingerprint density at radius 2 is 1.77 bits per heavy atom. The lowest BCUT2D eigenvalue weighted by Gasteiger charge is -2.39. The summed E-state index contributed by atoms with van der Waals surface area (Å²) in [5.74, 6) is 1.39. The molecule has 0 spiro atoms. The lowest BCUT2D eigenvalue weighted by Crippen LogP contribution is -2.47. The standard InChI is InChI=1S/C17H29N3O2/c1-11-9-20(10-15(11)16(18)21)17(22)19-14-7-6-12-4-2-3-5-13(12)8-14/h11-15H,2-10H2,1H3,(H2,18,21)(H,19,22)/t11-,12?,13?,14?,15-/m1/s1. The predicted molar refractivity (Wildman–Crippen MR) is 85.0 cm³/mol. The Labute approximate surface area is 133 Å². The van der Waals surface area contributed by atoms with Crippen LogP contribution in [-0.2, 0) is 4.79 Å². The van der Waals surface area contributed by atoms with E-state index < -0.39 is 0 Å². The van der Waals surface area contributed by atoms with E-state index in [0.29, 0.717) is 19.1 Å². The fourth-order valence-corrected chi connectivity index (χ4v) is 4.77. The van der Waals surface area contributed by atoms with Crippen molar-refractivity contribution in [2.75, 3.05) is 13.1 Å². The van der Waals surface area contributed by atoms with Crippen LogP contribution in [0.25, 0.3) is 0 Å². The van der Waals surface area contributed by atoms with Crippen LogP contribution in [0, 0.1) is 23.7 Å². The van der Waals surface area contributed by atoms with Gasteiger partial charge in [-0.3, -0.25) is 4.79 Å². The number of nitrogens with zero attached hydrogens (tertiary/aromatic N) is 1. The molecule has 3 aliphatic rings. The summed E-state index contributed by atoms with van der Waals surface area (Å²) in [5, 5.41) is 3.21. The number of hydrogen-bond acceptors (Lipinski definition) is 2. The Balaban J connectivity index is 1.51. The van der Waals surface area contributed by atoms with Gasteiger partial charge in [0.1, 0.15) is 0 Å². The molecule has 1 aliphatic heterocycles. The van der Waals surface area contributed by atoms with Crippen LogP contribution >= 0.6 is 0 Å². The molecule has 0 bridgehead atoms. The van der Waals surface area contributed by atoms with Gasteiger partial charge in [-0.15, -0.1) is 0 Å². The first-order valence-electron chi connectivity index (χ1n) is 8.89. The van der Waals surface area contributed by atoms with E-state index in [1.165, 1.54) is 32.1 Å². The minimum Gasteiger partial charge on any atom is -0.369 e. The van der Waals surface area contributed by atoms with Gasteiger partial charge in [0.2, 0.25) is 5.91 Å². The van der Waals surface area contributed by atoms with Gasteiger partial charge in [0.15, 0.2) is 0 Å². The molecule has 0 aromatic carbocycles. The number of hydrogen-bond donors (Lipinski definition) is 2. The molecule has 3 rings (SSSR count). The monoisotopic (exact) mass is 307 g/mol. The lowest BCUT2D eigenvalue weighted by molar-refractivity contribution is -0.122. The molecule has 2 saturated carbocycles. The molecule has 1 heterocycles. The highest BCUT2D eigenvalue weighted by Gasteiger charge is 2.37. The van der Waals surface area contributed by atoms with Gasteiger partial charge in [-0.25, -0.2) is 4.79 Å². The average molecular weight is 307 g/mol. The Hall–Kier alpha value is -1.26. The third kappa shape index (κ3) is 3.23. The van der Waals surface area contributed by atoms with Crippen molar-refractivity contribution >= 4 is 11.9 Å². The molecule has 2 aliphatic carbocycles. The van der Waals surface area contributed by atoms with E-state index in [1.54, 1.807) is 4.90 Å². The van der Waals surface area contributed by atoms with Crippen molar-refractivity contribution in [3.63, 3.8) is 0 Å². The van der Waals surface area contributed by atoms with Gasteiger partial charge in [0.05, 0.1) is 5.92 Å². The van der Waals surface area contributed by atoms with Crippen LogP contribution in [0.2, 0.25) is 0 Å². The first-order valence-corrected chi connectivity index (χ1v) is 8.89. The van der Waals surface area contributed by atoms with Crippen molar-refractivity contribution in [3.05, 3.63) is 0 Å². The van der Waals surface area contributed by atoms with E-state index in [0.717, 1.165) is 24.7 Å². The molecule has 0 aromatic rings. The summed E-state index contributed by atoms with van der Waals surface area (Å²) in [7, 11) is 0. The van der Waals surface area contributed by atoms with E-state index in [2.05, 4.69) is 5.32 Å². The lowest BCUT2D eigenvalue weighted by atomic mass is 9.69. The predicted octanol–water partition coefficient (Wildman–Crippen LogP) is 2.11. The highest BCUT2D eigenvalue weighted by molar-refractivity contribution is 5.80. The number of primary amides is 1. The summed E-state index contributed by atoms with van der Waals surface area (Å²) in [4.78, 5) is 25.6. The molecule has 5 heteroatoms. The maximum Gasteiger partial charge on any atom is 0.317 e. The van der Waals surface area contributed by atoms with Gasteiger partial charge in [-0.05, 0) is 37.0 Å². The van der Waals surface area contributed by atoms with Crippen LogP contribution in [0.4, 0.5) is 4.79 Å². The van der Waals surface area contributed by atoms with Crippen LogP contribution in [0.3, 0.4) is 0 Å². The highest BCUT2D eigenvalue weighted by atomic mass is 16.2. The second kappa shape index (κ2) is 6.47. The zero-order valence-corrected chi connectivity index (χ0v) is 13.6. The van der Waals surface area contributed by atoms with E-state index in [1.807, 2.05) is 6.92 Å². The minimum atomic E-state index is -0.287. The summed E-state index contributed by atoms with van der Waals surface area (Å²) in [6.45, 7) is 3.11. The molecule has 5 nitrogen and oxygen atoms in total. The van der Waals surface area contributed by atoms with Crippen molar-refractivity contribution in [3.8, 4) is 0 Å². The van der Waals surface area contributed by atoms with Crippen LogP contribution < -0.4 is 11.1 Å². The number of fused-ring (bicyclic) bond motifs is 1. The Kier molecular flexibility index (Phi) is 4.59. The quantitative estimate of drug-likeness (QED) is 0.820. The van der Waals surface area contributed by atoms with E-state index in [-0.39, 0.29) is 23.8 Å². The van der Waals surface area contributed by atoms with Crippen LogP contribution in [-0.4, -0.2) is 36.0 Å². The number of urea groups is 1. The largest absolute Gasteiger partial charge is 0.369 e. The van der Waals surface area contributed by atoms with E-state index >= 15 is 0 Å². The number of amides is 3. The summed E-state index contributed by atoms with van der Waals surface area (Å²) in [6.07, 6.45) is 8.96. The molecule has 22 heavy (non-hydrogen) atoms. The highest BCUT2D eigenvalue weighted by Crippen LogP contribution is 2.40. The Morgan fingerprint density at radius 3 is 2.45 bits per heavy atom. The third-order valence-corrected chi connectivity index (χ3v) is 6.13. The SMILES string of the molecule is C[C@@H]1CN(C(=O)NC2CCC3CCCCC3C2)C[C@H]1C(N)=O. The number of likely N-dealkylation sites (tertiary alicyclic amines) is 1. The fraction of sp³-hybridized carbons (Fsp3) is 0.882. The maximum atomic E-state index is 12.5. The second-order valence-corrected chi connectivity index (χ2v) is 7.66. The van der Waals surface area contributed by atoms with E-state index in [4.69, 9.17) is 5.73 Å². The van der Waals surface area contributed by atoms with Crippen LogP contribution in [0.15, 0.2) is 0 Å². The smallest absolute Gasteiger partial charge is 0.317 e. The minimum absolute atomic E-state index is 0.00476. The summed E-state index contributed by atoms with van der Waals surface area (Å²) in [5.41, 5.74) is 5.41. The summed E-state index contributed by atoms with van der Waals surface area (Å²) in [6, 6.07) is 0.310. The van der Waals surface area contributed by atoms with Crippen molar-refractivity contribution < 1.29 is 9.59 Å². The van der Waals surface area contributed by atoms with Gasteiger partial charge in [0, 0.05) is 19.1 Å². The number of nitrogens with two attached hydrogens (primary N) is 1. The Morgan fingerprint density at radius 1 is 1.05 bits per heavy atom. The molecular weight excluding hydrogens is 278 g/mol. The topological polar surface area (TPSA) is 75.4 Å². The first kappa shape index (κ1) is 15.6. The Bertz CT molecular complexity index is 440. The molecule has 0 radical (unpaired) electrons. The summed E-state index contributed by atoms with van der Waals surface area (Å²) >= 11 is 0. The molecule has 5 atom stereocenters. The number of rotatable bonds is 2. The third-order valence-electron chi connectivity index (χ3n) is 6.13.